The van der Waals surface area contributed by atoms with Gasteiger partial charge in [0.15, 0.2) is 12.5 Å². The monoisotopic (exact) mass is 255 g/mol. The van der Waals surface area contributed by atoms with Crippen molar-refractivity contribution in [1.29, 1.82) is 0 Å². The van der Waals surface area contributed by atoms with E-state index in [1.54, 1.807) is 11.9 Å². The van der Waals surface area contributed by atoms with Gasteiger partial charge >= 0.3 is 11.9 Å². The SMILES string of the molecule is C=CC(=O)OC(CC)N(C)C(CC)OC(=O)C=C. The first kappa shape index (κ1) is 16.4. The zero-order valence-corrected chi connectivity index (χ0v) is 11.2. The second-order valence-electron chi connectivity index (χ2n) is 3.67. The standard InChI is InChI=1S/C13H21NO4/c1-6-10(17-12(15)8-3)14(5)11(7-2)18-13(16)9-4/h8-11H,3-4,6-7H2,1-2,5H3. The van der Waals surface area contributed by atoms with E-state index in [0.29, 0.717) is 12.8 Å². The van der Waals surface area contributed by atoms with Gasteiger partial charge in [0.05, 0.1) is 0 Å². The molecule has 0 fully saturated rings. The number of carbonyl (C=O) groups excluding carboxylic acids is 2. The fraction of sp³-hybridized carbons (Fsp3) is 0.538. The molecular formula is C13H21NO4. The van der Waals surface area contributed by atoms with Crippen LogP contribution in [0.3, 0.4) is 0 Å². The third kappa shape index (κ3) is 5.14. The van der Waals surface area contributed by atoms with Gasteiger partial charge in [0.2, 0.25) is 0 Å². The van der Waals surface area contributed by atoms with E-state index in [2.05, 4.69) is 13.2 Å². The van der Waals surface area contributed by atoms with Crippen LogP contribution in [0.15, 0.2) is 25.3 Å². The molecule has 2 unspecified atom stereocenters. The van der Waals surface area contributed by atoms with Gasteiger partial charge in [-0.1, -0.05) is 27.0 Å². The molecule has 0 amide bonds. The first-order valence-corrected chi connectivity index (χ1v) is 5.88. The zero-order valence-electron chi connectivity index (χ0n) is 11.2. The maximum absolute atomic E-state index is 11.2. The summed E-state index contributed by atoms with van der Waals surface area (Å²) < 4.78 is 10.3. The maximum Gasteiger partial charge on any atom is 0.331 e. The van der Waals surface area contributed by atoms with Gasteiger partial charge in [0, 0.05) is 12.2 Å². The molecule has 0 heterocycles. The van der Waals surface area contributed by atoms with Crippen molar-refractivity contribution < 1.29 is 19.1 Å². The van der Waals surface area contributed by atoms with Crippen LogP contribution in [0.2, 0.25) is 0 Å². The molecule has 5 nitrogen and oxygen atoms in total. The second kappa shape index (κ2) is 8.47. The number of hydrogen-bond acceptors (Lipinski definition) is 5. The van der Waals surface area contributed by atoms with Crippen molar-refractivity contribution in [3.63, 3.8) is 0 Å². The molecule has 18 heavy (non-hydrogen) atoms. The van der Waals surface area contributed by atoms with Gasteiger partial charge in [-0.05, 0) is 19.9 Å². The molecule has 0 aliphatic carbocycles. The van der Waals surface area contributed by atoms with E-state index in [1.165, 1.54) is 0 Å². The van der Waals surface area contributed by atoms with Gasteiger partial charge in [0.25, 0.3) is 0 Å². The van der Waals surface area contributed by atoms with Crippen LogP contribution in [0.25, 0.3) is 0 Å². The third-order valence-electron chi connectivity index (χ3n) is 2.44. The van der Waals surface area contributed by atoms with Crippen LogP contribution < -0.4 is 0 Å². The number of ether oxygens (including phenoxy) is 2. The molecular weight excluding hydrogens is 234 g/mol. The Bertz CT molecular complexity index is 284. The summed E-state index contributed by atoms with van der Waals surface area (Å²) in [5, 5.41) is 0. The van der Waals surface area contributed by atoms with Crippen LogP contribution in [-0.4, -0.2) is 36.3 Å². The van der Waals surface area contributed by atoms with Crippen LogP contribution in [0.5, 0.6) is 0 Å². The highest BCUT2D eigenvalue weighted by Crippen LogP contribution is 2.13. The Morgan fingerprint density at radius 3 is 1.61 bits per heavy atom. The zero-order chi connectivity index (χ0) is 14.1. The minimum absolute atomic E-state index is 0.460. The largest absolute Gasteiger partial charge is 0.443 e. The van der Waals surface area contributed by atoms with Crippen molar-refractivity contribution in [3.8, 4) is 0 Å². The normalized spacial score (nSPS) is 13.6. The molecule has 5 heteroatoms. The Labute approximate surface area is 108 Å². The lowest BCUT2D eigenvalue weighted by molar-refractivity contribution is -0.175. The Morgan fingerprint density at radius 1 is 1.06 bits per heavy atom. The highest BCUT2D eigenvalue weighted by Gasteiger charge is 2.25. The molecule has 102 valence electrons. The van der Waals surface area contributed by atoms with Crippen LogP contribution in [0.4, 0.5) is 0 Å². The van der Waals surface area contributed by atoms with E-state index in [9.17, 15) is 9.59 Å². The molecule has 0 aromatic heterocycles. The fourth-order valence-electron chi connectivity index (χ4n) is 1.46. The molecule has 2 atom stereocenters. The molecule has 0 saturated heterocycles. The fourth-order valence-corrected chi connectivity index (χ4v) is 1.46. The lowest BCUT2D eigenvalue weighted by Crippen LogP contribution is -2.44. The van der Waals surface area contributed by atoms with Crippen molar-refractivity contribution in [1.82, 2.24) is 4.90 Å². The van der Waals surface area contributed by atoms with Gasteiger partial charge in [-0.25, -0.2) is 14.5 Å². The van der Waals surface area contributed by atoms with Crippen molar-refractivity contribution in [3.05, 3.63) is 25.3 Å². The molecule has 0 saturated carbocycles. The topological polar surface area (TPSA) is 55.8 Å². The van der Waals surface area contributed by atoms with Gasteiger partial charge in [0.1, 0.15) is 0 Å². The first-order valence-electron chi connectivity index (χ1n) is 5.88. The van der Waals surface area contributed by atoms with Gasteiger partial charge in [-0.3, -0.25) is 0 Å². The summed E-state index contributed by atoms with van der Waals surface area (Å²) >= 11 is 0. The Hall–Kier alpha value is -1.62. The minimum Gasteiger partial charge on any atom is -0.443 e. The van der Waals surface area contributed by atoms with Gasteiger partial charge < -0.3 is 9.47 Å². The van der Waals surface area contributed by atoms with E-state index in [1.807, 2.05) is 13.8 Å². The molecule has 0 spiro atoms. The number of hydrogen-bond donors (Lipinski definition) is 0. The van der Waals surface area contributed by atoms with E-state index in [0.717, 1.165) is 12.2 Å². The predicted molar refractivity (Wildman–Crippen MR) is 68.5 cm³/mol. The maximum atomic E-state index is 11.2. The first-order chi connectivity index (χ1) is 8.49. The van der Waals surface area contributed by atoms with Crippen LogP contribution >= 0.6 is 0 Å². The summed E-state index contributed by atoms with van der Waals surface area (Å²) in [7, 11) is 1.73. The van der Waals surface area contributed by atoms with Crippen LogP contribution in [0, 0.1) is 0 Å². The Morgan fingerprint density at radius 2 is 1.39 bits per heavy atom. The highest BCUT2D eigenvalue weighted by atomic mass is 16.6. The Kier molecular flexibility index (Phi) is 7.71. The van der Waals surface area contributed by atoms with E-state index in [-0.39, 0.29) is 0 Å². The summed E-state index contributed by atoms with van der Waals surface area (Å²) in [4.78, 5) is 24.1. The molecule has 0 aliphatic heterocycles. The van der Waals surface area contributed by atoms with Gasteiger partial charge in [-0.2, -0.15) is 0 Å². The average molecular weight is 255 g/mol. The molecule has 0 radical (unpaired) electrons. The smallest absolute Gasteiger partial charge is 0.331 e. The summed E-state index contributed by atoms with van der Waals surface area (Å²) in [6.45, 7) is 10.4. The van der Waals surface area contributed by atoms with Gasteiger partial charge in [-0.15, -0.1) is 0 Å². The second-order valence-corrected chi connectivity index (χ2v) is 3.67. The molecule has 0 aromatic rings. The van der Waals surface area contributed by atoms with Crippen LogP contribution in [-0.2, 0) is 19.1 Å². The molecule has 0 N–H and O–H groups in total. The van der Waals surface area contributed by atoms with Crippen molar-refractivity contribution in [2.45, 2.75) is 39.1 Å². The van der Waals surface area contributed by atoms with E-state index >= 15 is 0 Å². The number of nitrogens with zero attached hydrogens (tertiary/aromatic N) is 1. The lowest BCUT2D eigenvalue weighted by Gasteiger charge is -2.32. The number of carbonyl (C=O) groups is 2. The van der Waals surface area contributed by atoms with Crippen molar-refractivity contribution >= 4 is 11.9 Å². The Balaban J connectivity index is 4.65. The number of esters is 2. The molecule has 0 bridgehead atoms. The predicted octanol–water partition coefficient (Wildman–Crippen LogP) is 1.85. The molecule has 0 aliphatic rings. The summed E-state index contributed by atoms with van der Waals surface area (Å²) in [6.07, 6.45) is 2.45. The van der Waals surface area contributed by atoms with Crippen molar-refractivity contribution in [2.24, 2.45) is 0 Å². The summed E-state index contributed by atoms with van der Waals surface area (Å²) in [6, 6.07) is 0. The van der Waals surface area contributed by atoms with E-state index in [4.69, 9.17) is 9.47 Å². The highest BCUT2D eigenvalue weighted by molar-refractivity contribution is 5.81. The van der Waals surface area contributed by atoms with E-state index < -0.39 is 24.4 Å². The van der Waals surface area contributed by atoms with Crippen molar-refractivity contribution in [2.75, 3.05) is 7.05 Å². The quantitative estimate of drug-likeness (QED) is 0.376. The summed E-state index contributed by atoms with van der Waals surface area (Å²) in [5.41, 5.74) is 0. The number of rotatable bonds is 8. The van der Waals surface area contributed by atoms with Crippen LogP contribution in [0.1, 0.15) is 26.7 Å². The molecule has 0 rings (SSSR count). The molecule has 0 aromatic carbocycles. The minimum atomic E-state index is -0.501. The summed E-state index contributed by atoms with van der Waals surface area (Å²) in [5.74, 6) is -1.00. The lowest BCUT2D eigenvalue weighted by atomic mass is 10.3. The average Bonchev–Trinajstić information content (AvgIpc) is 2.40. The third-order valence-corrected chi connectivity index (χ3v) is 2.44.